The molecule has 142 valence electrons. The first-order valence-electron chi connectivity index (χ1n) is 8.77. The lowest BCUT2D eigenvalue weighted by molar-refractivity contribution is 0.815. The van der Waals surface area contributed by atoms with Gasteiger partial charge in [-0.15, -0.1) is 24.0 Å². The number of imidazole rings is 1. The lowest BCUT2D eigenvalue weighted by Gasteiger charge is -2.11. The monoisotopic (exact) mass is 476 g/mol. The average Bonchev–Trinajstić information content (AvgIpc) is 3.11. The fourth-order valence-electron chi connectivity index (χ4n) is 2.57. The number of guanidine groups is 1. The van der Waals surface area contributed by atoms with Gasteiger partial charge in [0.05, 0.1) is 6.54 Å². The fourth-order valence-corrected chi connectivity index (χ4v) is 2.57. The van der Waals surface area contributed by atoms with E-state index >= 15 is 0 Å². The second-order valence-corrected chi connectivity index (χ2v) is 5.90. The maximum Gasteiger partial charge on any atom is 0.191 e. The summed E-state index contributed by atoms with van der Waals surface area (Å²) >= 11 is 0. The molecule has 0 atom stereocenters. The Morgan fingerprint density at radius 2 is 1.85 bits per heavy atom. The van der Waals surface area contributed by atoms with E-state index in [1.54, 1.807) is 6.20 Å². The van der Waals surface area contributed by atoms with Crippen molar-refractivity contribution in [2.45, 2.75) is 26.9 Å². The van der Waals surface area contributed by atoms with Gasteiger partial charge in [0.25, 0.3) is 0 Å². The third-order valence-electron chi connectivity index (χ3n) is 3.95. The van der Waals surface area contributed by atoms with Crippen LogP contribution in [0.4, 0.5) is 0 Å². The zero-order valence-electron chi connectivity index (χ0n) is 15.6. The van der Waals surface area contributed by atoms with Gasteiger partial charge in [-0.2, -0.15) is 0 Å². The highest BCUT2D eigenvalue weighted by Gasteiger charge is 2.02. The Hall–Kier alpha value is -2.42. The highest BCUT2D eigenvalue weighted by molar-refractivity contribution is 14.0. The van der Waals surface area contributed by atoms with Gasteiger partial charge in [0.1, 0.15) is 11.6 Å². The van der Waals surface area contributed by atoms with Gasteiger partial charge in [0.15, 0.2) is 5.96 Å². The largest absolute Gasteiger partial charge is 0.357 e. The Balaban J connectivity index is 0.00000261. The maximum absolute atomic E-state index is 4.64. The maximum atomic E-state index is 4.64. The standard InChI is InChI=1S/C20H24N6.HI/c1-3-21-20(24-13-17-7-5-4-6-8-17)25-15-18-9-10-19(23-14-18)26-12-11-22-16(26)2;/h4-12,14H,3,13,15H2,1-2H3,(H2,21,24,25);1H. The normalized spacial score (nSPS) is 11.0. The molecule has 0 spiro atoms. The van der Waals surface area contributed by atoms with E-state index in [1.807, 2.05) is 54.2 Å². The van der Waals surface area contributed by atoms with Gasteiger partial charge in [-0.25, -0.2) is 15.0 Å². The fraction of sp³-hybridized carbons (Fsp3) is 0.250. The van der Waals surface area contributed by atoms with Crippen LogP contribution in [-0.2, 0) is 13.1 Å². The number of hydrogen-bond donors (Lipinski definition) is 2. The number of halogens is 1. The molecule has 0 aliphatic heterocycles. The number of rotatable bonds is 6. The molecule has 6 nitrogen and oxygen atoms in total. The summed E-state index contributed by atoms with van der Waals surface area (Å²) in [6, 6.07) is 14.3. The van der Waals surface area contributed by atoms with Gasteiger partial charge in [-0.05, 0) is 31.0 Å². The van der Waals surface area contributed by atoms with E-state index in [1.165, 1.54) is 5.56 Å². The summed E-state index contributed by atoms with van der Waals surface area (Å²) in [4.78, 5) is 13.4. The van der Waals surface area contributed by atoms with Gasteiger partial charge in [-0.1, -0.05) is 36.4 Å². The van der Waals surface area contributed by atoms with Gasteiger partial charge in [0.2, 0.25) is 0 Å². The second-order valence-electron chi connectivity index (χ2n) is 5.90. The van der Waals surface area contributed by atoms with Gasteiger partial charge in [-0.3, -0.25) is 4.57 Å². The summed E-state index contributed by atoms with van der Waals surface area (Å²) in [5.41, 5.74) is 2.28. The van der Waals surface area contributed by atoms with Crippen molar-refractivity contribution >= 4 is 29.9 Å². The zero-order chi connectivity index (χ0) is 18.2. The van der Waals surface area contributed by atoms with Crippen LogP contribution in [0.1, 0.15) is 23.9 Å². The minimum Gasteiger partial charge on any atom is -0.357 e. The molecule has 0 saturated carbocycles. The SMILES string of the molecule is CCNC(=NCc1ccc(-n2ccnc2C)nc1)NCc1ccccc1.I. The Morgan fingerprint density at radius 3 is 2.48 bits per heavy atom. The first-order valence-corrected chi connectivity index (χ1v) is 8.77. The van der Waals surface area contributed by atoms with Crippen LogP contribution in [0.3, 0.4) is 0 Å². The van der Waals surface area contributed by atoms with E-state index < -0.39 is 0 Å². The number of aliphatic imine (C=N–C) groups is 1. The number of nitrogens with zero attached hydrogens (tertiary/aromatic N) is 4. The van der Waals surface area contributed by atoms with Gasteiger partial charge >= 0.3 is 0 Å². The van der Waals surface area contributed by atoms with E-state index in [0.29, 0.717) is 6.54 Å². The van der Waals surface area contributed by atoms with E-state index in [2.05, 4.69) is 44.7 Å². The molecule has 3 rings (SSSR count). The molecule has 0 aliphatic carbocycles. The molecule has 3 aromatic rings. The second kappa shape index (κ2) is 10.7. The lowest BCUT2D eigenvalue weighted by atomic mass is 10.2. The summed E-state index contributed by atoms with van der Waals surface area (Å²) in [7, 11) is 0. The summed E-state index contributed by atoms with van der Waals surface area (Å²) in [6.07, 6.45) is 5.54. The van der Waals surface area contributed by atoms with E-state index in [-0.39, 0.29) is 24.0 Å². The summed E-state index contributed by atoms with van der Waals surface area (Å²) in [5.74, 6) is 2.58. The number of benzene rings is 1. The van der Waals surface area contributed by atoms with Crippen molar-refractivity contribution in [2.75, 3.05) is 6.54 Å². The molecule has 7 heteroatoms. The van der Waals surface area contributed by atoms with Crippen LogP contribution in [0.5, 0.6) is 0 Å². The predicted molar refractivity (Wildman–Crippen MR) is 120 cm³/mol. The van der Waals surface area contributed by atoms with Gasteiger partial charge < -0.3 is 10.6 Å². The van der Waals surface area contributed by atoms with Crippen LogP contribution < -0.4 is 10.6 Å². The van der Waals surface area contributed by atoms with Crippen molar-refractivity contribution in [3.63, 3.8) is 0 Å². The Kier molecular flexibility index (Phi) is 8.25. The predicted octanol–water partition coefficient (Wildman–Crippen LogP) is 3.45. The zero-order valence-corrected chi connectivity index (χ0v) is 17.9. The molecule has 2 aromatic heterocycles. The van der Waals surface area contributed by atoms with Crippen molar-refractivity contribution in [3.8, 4) is 5.82 Å². The molecule has 1 aromatic carbocycles. The number of aryl methyl sites for hydroxylation is 1. The van der Waals surface area contributed by atoms with E-state index in [4.69, 9.17) is 0 Å². The number of nitrogens with one attached hydrogen (secondary N) is 2. The number of hydrogen-bond acceptors (Lipinski definition) is 3. The smallest absolute Gasteiger partial charge is 0.191 e. The molecule has 0 unspecified atom stereocenters. The highest BCUT2D eigenvalue weighted by atomic mass is 127. The van der Waals surface area contributed by atoms with E-state index in [0.717, 1.165) is 36.3 Å². The first-order chi connectivity index (χ1) is 12.8. The van der Waals surface area contributed by atoms with Crippen LogP contribution in [0.2, 0.25) is 0 Å². The van der Waals surface area contributed by atoms with Crippen LogP contribution in [0.25, 0.3) is 5.82 Å². The summed E-state index contributed by atoms with van der Waals surface area (Å²) in [6.45, 7) is 6.15. The molecule has 0 amide bonds. The Bertz CT molecular complexity index is 842. The average molecular weight is 476 g/mol. The molecule has 0 saturated heterocycles. The summed E-state index contributed by atoms with van der Waals surface area (Å²) < 4.78 is 1.96. The van der Waals surface area contributed by atoms with Crippen molar-refractivity contribution in [1.82, 2.24) is 25.2 Å². The third-order valence-corrected chi connectivity index (χ3v) is 3.95. The molecule has 0 radical (unpaired) electrons. The number of aromatic nitrogens is 3. The van der Waals surface area contributed by atoms with Crippen molar-refractivity contribution in [2.24, 2.45) is 4.99 Å². The molecular weight excluding hydrogens is 451 g/mol. The van der Waals surface area contributed by atoms with Gasteiger partial charge in [0, 0.05) is 31.7 Å². The molecule has 0 bridgehead atoms. The Morgan fingerprint density at radius 1 is 1.04 bits per heavy atom. The molecular formula is C20H25IN6. The van der Waals surface area contributed by atoms with Crippen molar-refractivity contribution < 1.29 is 0 Å². The minimum absolute atomic E-state index is 0. The minimum atomic E-state index is 0. The molecule has 0 fully saturated rings. The van der Waals surface area contributed by atoms with Crippen LogP contribution in [0, 0.1) is 6.92 Å². The quantitative estimate of drug-likeness (QED) is 0.325. The van der Waals surface area contributed by atoms with E-state index in [9.17, 15) is 0 Å². The highest BCUT2D eigenvalue weighted by Crippen LogP contribution is 2.09. The van der Waals surface area contributed by atoms with Crippen LogP contribution in [0.15, 0.2) is 66.0 Å². The van der Waals surface area contributed by atoms with Crippen molar-refractivity contribution in [1.29, 1.82) is 0 Å². The molecule has 2 heterocycles. The van der Waals surface area contributed by atoms with Crippen molar-refractivity contribution in [3.05, 3.63) is 78.0 Å². The first kappa shape index (κ1) is 20.9. The summed E-state index contributed by atoms with van der Waals surface area (Å²) in [5, 5.41) is 6.62. The van der Waals surface area contributed by atoms with Crippen LogP contribution in [-0.4, -0.2) is 27.0 Å². The molecule has 2 N–H and O–H groups in total. The number of pyridine rings is 1. The molecule has 0 aliphatic rings. The van der Waals surface area contributed by atoms with Crippen LogP contribution >= 0.6 is 24.0 Å². The topological polar surface area (TPSA) is 67.1 Å². The molecule has 27 heavy (non-hydrogen) atoms. The Labute approximate surface area is 177 Å². The third kappa shape index (κ3) is 6.06. The lowest BCUT2D eigenvalue weighted by Crippen LogP contribution is -2.36.